The molecule has 2 aromatic carbocycles. The molecule has 0 unspecified atom stereocenters. The zero-order valence-corrected chi connectivity index (χ0v) is 15.7. The maximum absolute atomic E-state index is 13.9. The highest BCUT2D eigenvalue weighted by molar-refractivity contribution is 6.30. The predicted molar refractivity (Wildman–Crippen MR) is 97.7 cm³/mol. The summed E-state index contributed by atoms with van der Waals surface area (Å²) in [4.78, 5) is 25.1. The molecule has 0 aliphatic carbocycles. The minimum absolute atomic E-state index is 0.111. The first kappa shape index (κ1) is 20.9. The zero-order chi connectivity index (χ0) is 21.4. The first-order chi connectivity index (χ1) is 13.6. The number of methoxy groups -OCH3 is 1. The van der Waals surface area contributed by atoms with E-state index in [4.69, 9.17) is 16.3 Å². The normalized spacial score (nSPS) is 24.4. The summed E-state index contributed by atoms with van der Waals surface area (Å²) in [6, 6.07) is 8.36. The number of ether oxygens (including phenoxy) is 1. The van der Waals surface area contributed by atoms with E-state index in [9.17, 15) is 27.9 Å². The van der Waals surface area contributed by atoms with E-state index in [1.807, 2.05) is 0 Å². The summed E-state index contributed by atoms with van der Waals surface area (Å²) >= 11 is 5.79. The van der Waals surface area contributed by atoms with E-state index in [0.29, 0.717) is 0 Å². The highest BCUT2D eigenvalue weighted by atomic mass is 35.5. The molecule has 3 N–H and O–H groups in total. The molecule has 0 saturated carbocycles. The maximum atomic E-state index is 13.9. The van der Waals surface area contributed by atoms with Gasteiger partial charge in [-0.15, -0.1) is 0 Å². The van der Waals surface area contributed by atoms with Crippen LogP contribution < -0.4 is 15.4 Å². The molecule has 6 nitrogen and oxygen atoms in total. The highest BCUT2D eigenvalue weighted by Crippen LogP contribution is 2.45. The monoisotopic (exact) mass is 428 g/mol. The van der Waals surface area contributed by atoms with Crippen LogP contribution in [0.2, 0.25) is 5.02 Å². The Bertz CT molecular complexity index is 936. The number of ketones is 1. The van der Waals surface area contributed by atoms with Crippen LogP contribution in [0.5, 0.6) is 5.75 Å². The van der Waals surface area contributed by atoms with Crippen LogP contribution >= 0.6 is 11.6 Å². The van der Waals surface area contributed by atoms with Crippen LogP contribution in [0.3, 0.4) is 0 Å². The van der Waals surface area contributed by atoms with E-state index in [1.54, 1.807) is 6.07 Å². The quantitative estimate of drug-likeness (QED) is 0.651. The van der Waals surface area contributed by atoms with Gasteiger partial charge in [-0.25, -0.2) is 4.79 Å². The maximum Gasteiger partial charge on any atom is 0.437 e. The number of rotatable bonds is 4. The minimum Gasteiger partial charge on any atom is -0.496 e. The molecule has 2 amide bonds. The van der Waals surface area contributed by atoms with Crippen molar-refractivity contribution in [2.75, 3.05) is 7.11 Å². The summed E-state index contributed by atoms with van der Waals surface area (Å²) in [7, 11) is 1.30. The van der Waals surface area contributed by atoms with Gasteiger partial charge in [0.2, 0.25) is 5.72 Å². The number of nitrogens with one attached hydrogen (secondary N) is 2. The average Bonchev–Trinajstić information content (AvgIpc) is 2.66. The Morgan fingerprint density at radius 2 is 1.79 bits per heavy atom. The number of Topliss-reactive ketones (excluding diaryl/α,β-unsaturated/α-hetero) is 1. The predicted octanol–water partition coefficient (Wildman–Crippen LogP) is 3.45. The van der Waals surface area contributed by atoms with Crippen LogP contribution in [0.15, 0.2) is 48.5 Å². The topological polar surface area (TPSA) is 87.7 Å². The van der Waals surface area contributed by atoms with E-state index >= 15 is 0 Å². The van der Waals surface area contributed by atoms with Gasteiger partial charge in [0.05, 0.1) is 13.2 Å². The fourth-order valence-corrected chi connectivity index (χ4v) is 3.44. The van der Waals surface area contributed by atoms with Gasteiger partial charge in [-0.3, -0.25) is 4.79 Å². The molecule has 0 radical (unpaired) electrons. The number of carbonyl (C=O) groups is 2. The second-order valence-corrected chi connectivity index (χ2v) is 6.87. The van der Waals surface area contributed by atoms with Crippen LogP contribution in [0, 0.1) is 5.92 Å². The molecule has 1 saturated heterocycles. The summed E-state index contributed by atoms with van der Waals surface area (Å²) in [5.74, 6) is -3.03. The first-order valence-corrected chi connectivity index (χ1v) is 8.76. The third kappa shape index (κ3) is 3.75. The van der Waals surface area contributed by atoms with Gasteiger partial charge in [0.15, 0.2) is 5.78 Å². The fourth-order valence-electron chi connectivity index (χ4n) is 3.32. The van der Waals surface area contributed by atoms with Crippen molar-refractivity contribution in [1.82, 2.24) is 10.6 Å². The number of hydrogen-bond acceptors (Lipinski definition) is 4. The van der Waals surface area contributed by atoms with E-state index in [1.165, 1.54) is 54.9 Å². The molecule has 1 aliphatic rings. The third-order valence-electron chi connectivity index (χ3n) is 4.69. The Morgan fingerprint density at radius 3 is 2.38 bits per heavy atom. The molecule has 3 rings (SSSR count). The lowest BCUT2D eigenvalue weighted by Crippen LogP contribution is -2.72. The third-order valence-corrected chi connectivity index (χ3v) is 4.94. The molecule has 3 atom stereocenters. The SMILES string of the molecule is COc1ccccc1[C@H]1NC(=O)N[C@](O)(C(F)(F)F)[C@@H]1C(=O)c1ccc(Cl)cc1. The largest absolute Gasteiger partial charge is 0.496 e. The number of hydrogen-bond donors (Lipinski definition) is 3. The smallest absolute Gasteiger partial charge is 0.437 e. The van der Waals surface area contributed by atoms with E-state index in [2.05, 4.69) is 5.32 Å². The van der Waals surface area contributed by atoms with Gasteiger partial charge < -0.3 is 20.5 Å². The summed E-state index contributed by atoms with van der Waals surface area (Å²) < 4.78 is 46.8. The van der Waals surface area contributed by atoms with Crippen molar-refractivity contribution in [3.63, 3.8) is 0 Å². The van der Waals surface area contributed by atoms with Gasteiger partial charge in [-0.2, -0.15) is 13.2 Å². The van der Waals surface area contributed by atoms with Gasteiger partial charge in [0.25, 0.3) is 0 Å². The lowest BCUT2D eigenvalue weighted by atomic mass is 9.77. The van der Waals surface area contributed by atoms with Gasteiger partial charge in [0.1, 0.15) is 11.7 Å². The van der Waals surface area contributed by atoms with Crippen LogP contribution in [-0.4, -0.2) is 35.9 Å². The number of amides is 2. The standard InChI is InChI=1S/C19H16ClF3N2O4/c1-29-13-5-3-2-4-12(13)15-14(16(26)10-6-8-11(20)9-7-10)18(28,19(21,22)23)25-17(27)24-15/h2-9,14-15,28H,1H3,(H2,24,25,27)/t14-,15+,18+/m0/s1. The lowest BCUT2D eigenvalue weighted by molar-refractivity contribution is -0.287. The van der Waals surface area contributed by atoms with Crippen molar-refractivity contribution in [2.45, 2.75) is 17.9 Å². The number of urea groups is 1. The van der Waals surface area contributed by atoms with Gasteiger partial charge >= 0.3 is 12.2 Å². The van der Waals surface area contributed by atoms with Gasteiger partial charge in [-0.05, 0) is 30.3 Å². The second-order valence-electron chi connectivity index (χ2n) is 6.43. The van der Waals surface area contributed by atoms with Crippen LogP contribution in [0.1, 0.15) is 22.0 Å². The van der Waals surface area contributed by atoms with Crippen LogP contribution in [-0.2, 0) is 0 Å². The lowest BCUT2D eigenvalue weighted by Gasteiger charge is -2.45. The summed E-state index contributed by atoms with van der Waals surface area (Å²) in [6.45, 7) is 0. The molecular weight excluding hydrogens is 413 g/mol. The number of carbonyl (C=O) groups excluding carboxylic acids is 2. The summed E-state index contributed by atoms with van der Waals surface area (Å²) in [5.41, 5.74) is -3.81. The second kappa shape index (κ2) is 7.57. The summed E-state index contributed by atoms with van der Waals surface area (Å²) in [5, 5.41) is 14.6. The van der Waals surface area contributed by atoms with Crippen molar-refractivity contribution >= 4 is 23.4 Å². The molecule has 1 heterocycles. The van der Waals surface area contributed by atoms with Gasteiger partial charge in [-0.1, -0.05) is 29.8 Å². The Labute approximate surface area is 168 Å². The van der Waals surface area contributed by atoms with E-state index < -0.39 is 35.7 Å². The molecule has 10 heteroatoms. The Morgan fingerprint density at radius 1 is 1.17 bits per heavy atom. The molecule has 29 heavy (non-hydrogen) atoms. The molecule has 0 spiro atoms. The zero-order valence-electron chi connectivity index (χ0n) is 15.0. The van der Waals surface area contributed by atoms with E-state index in [-0.39, 0.29) is 21.9 Å². The molecule has 1 aliphatic heterocycles. The van der Waals surface area contributed by atoms with Crippen LogP contribution in [0.4, 0.5) is 18.0 Å². The summed E-state index contributed by atoms with van der Waals surface area (Å²) in [6.07, 6.45) is -5.34. The average molecular weight is 429 g/mol. The fraction of sp³-hybridized carbons (Fsp3) is 0.263. The number of aliphatic hydroxyl groups is 1. The first-order valence-electron chi connectivity index (χ1n) is 8.39. The van der Waals surface area contributed by atoms with Crippen LogP contribution in [0.25, 0.3) is 0 Å². The molecular formula is C19H16ClF3N2O4. The molecule has 154 valence electrons. The molecule has 0 bridgehead atoms. The van der Waals surface area contributed by atoms with Crippen molar-refractivity contribution in [1.29, 1.82) is 0 Å². The van der Waals surface area contributed by atoms with E-state index in [0.717, 1.165) is 0 Å². The highest BCUT2D eigenvalue weighted by Gasteiger charge is 2.66. The molecule has 2 aromatic rings. The molecule has 1 fully saturated rings. The van der Waals surface area contributed by atoms with Crippen molar-refractivity contribution in [3.8, 4) is 5.75 Å². The number of para-hydroxylation sites is 1. The van der Waals surface area contributed by atoms with Crippen molar-refractivity contribution in [2.24, 2.45) is 5.92 Å². The number of alkyl halides is 3. The van der Waals surface area contributed by atoms with Crippen molar-refractivity contribution in [3.05, 3.63) is 64.7 Å². The number of benzene rings is 2. The van der Waals surface area contributed by atoms with Gasteiger partial charge in [0, 0.05) is 16.1 Å². The van der Waals surface area contributed by atoms with Crippen molar-refractivity contribution < 1.29 is 32.6 Å². The molecule has 0 aromatic heterocycles. The number of halogens is 4. The minimum atomic E-state index is -5.34. The Balaban J connectivity index is 2.20. The Kier molecular flexibility index (Phi) is 5.46. The Hall–Kier alpha value is -2.78.